The summed E-state index contributed by atoms with van der Waals surface area (Å²) in [5, 5.41) is 6.18. The highest BCUT2D eigenvalue weighted by Crippen LogP contribution is 2.30. The third kappa shape index (κ3) is 4.42. The van der Waals surface area contributed by atoms with Gasteiger partial charge in [-0.3, -0.25) is 4.79 Å². The van der Waals surface area contributed by atoms with Gasteiger partial charge < -0.3 is 9.88 Å². The molecule has 0 aliphatic heterocycles. The monoisotopic (exact) mass is 440 g/mol. The Morgan fingerprint density at radius 3 is 2.83 bits per heavy atom. The van der Waals surface area contributed by atoms with E-state index in [0.29, 0.717) is 22.1 Å². The lowest BCUT2D eigenvalue weighted by Gasteiger charge is -2.19. The first-order chi connectivity index (χ1) is 14.5. The van der Waals surface area contributed by atoms with Crippen molar-refractivity contribution in [2.75, 3.05) is 0 Å². The lowest BCUT2D eigenvalue weighted by atomic mass is 10.1. The third-order valence-corrected chi connectivity index (χ3v) is 5.86. The largest absolute Gasteiger partial charge is 0.342 e. The Bertz CT molecular complexity index is 1190. The fourth-order valence-corrected chi connectivity index (χ4v) is 4.30. The van der Waals surface area contributed by atoms with Gasteiger partial charge >= 0.3 is 0 Å². The second kappa shape index (κ2) is 8.77. The summed E-state index contributed by atoms with van der Waals surface area (Å²) >= 11 is 7.68. The first-order valence-corrected chi connectivity index (χ1v) is 10.5. The Morgan fingerprint density at radius 2 is 2.10 bits per heavy atom. The number of hydrogen-bond donors (Lipinski definition) is 1. The lowest BCUT2D eigenvalue weighted by Crippen LogP contribution is -2.32. The highest BCUT2D eigenvalue weighted by Gasteiger charge is 2.22. The topological polar surface area (TPSA) is 59.8 Å². The van der Waals surface area contributed by atoms with Gasteiger partial charge in [0.05, 0.1) is 17.1 Å². The zero-order chi connectivity index (χ0) is 21.1. The number of halogens is 2. The molecule has 0 radical (unpaired) electrons. The average Bonchev–Trinajstić information content (AvgIpc) is 3.35. The lowest BCUT2D eigenvalue weighted by molar-refractivity contribution is -0.121. The van der Waals surface area contributed by atoms with Crippen molar-refractivity contribution < 1.29 is 9.18 Å². The van der Waals surface area contributed by atoms with Crippen LogP contribution in [0.3, 0.4) is 0 Å². The molecule has 5 nitrogen and oxygen atoms in total. The van der Waals surface area contributed by atoms with Crippen molar-refractivity contribution in [1.29, 1.82) is 0 Å². The van der Waals surface area contributed by atoms with Crippen LogP contribution in [0.4, 0.5) is 4.39 Å². The van der Waals surface area contributed by atoms with Crippen molar-refractivity contribution >= 4 is 28.8 Å². The molecule has 2 aromatic carbocycles. The molecule has 1 unspecified atom stereocenters. The number of nitrogens with one attached hydrogen (secondary N) is 1. The summed E-state index contributed by atoms with van der Waals surface area (Å²) in [6, 6.07) is 13.0. The molecule has 0 saturated heterocycles. The minimum Gasteiger partial charge on any atom is -0.342 e. The second-order valence-corrected chi connectivity index (χ2v) is 8.02. The van der Waals surface area contributed by atoms with Crippen LogP contribution in [0.25, 0.3) is 10.6 Å². The molecule has 4 aromatic rings. The molecule has 0 aliphatic rings. The van der Waals surface area contributed by atoms with E-state index in [4.69, 9.17) is 11.6 Å². The minimum absolute atomic E-state index is 0.0944. The van der Waals surface area contributed by atoms with Crippen LogP contribution in [0, 0.1) is 5.82 Å². The average molecular weight is 441 g/mol. The Morgan fingerprint density at radius 1 is 1.27 bits per heavy atom. The van der Waals surface area contributed by atoms with E-state index < -0.39 is 6.04 Å². The molecular formula is C22H18ClFN4OS. The van der Waals surface area contributed by atoms with E-state index >= 15 is 0 Å². The van der Waals surface area contributed by atoms with Crippen LogP contribution in [-0.4, -0.2) is 20.4 Å². The maximum absolute atomic E-state index is 13.8. The molecule has 1 atom stereocenters. The predicted octanol–water partition coefficient (Wildman–Crippen LogP) is 4.78. The molecule has 4 rings (SSSR count). The minimum atomic E-state index is -0.574. The molecule has 0 bridgehead atoms. The van der Waals surface area contributed by atoms with Crippen molar-refractivity contribution in [3.63, 3.8) is 0 Å². The number of hydrogen-bond acceptors (Lipinski definition) is 4. The van der Waals surface area contributed by atoms with Gasteiger partial charge in [-0.15, -0.1) is 11.3 Å². The summed E-state index contributed by atoms with van der Waals surface area (Å²) in [6.07, 6.45) is 3.52. The molecule has 1 N–H and O–H groups in total. The molecule has 0 fully saturated rings. The molecule has 0 saturated carbocycles. The molecule has 0 spiro atoms. The van der Waals surface area contributed by atoms with Gasteiger partial charge in [-0.05, 0) is 23.8 Å². The molecular weight excluding hydrogens is 423 g/mol. The molecule has 1 amide bonds. The Balaban J connectivity index is 1.54. The molecule has 0 aliphatic carbocycles. The van der Waals surface area contributed by atoms with Crippen LogP contribution in [0.15, 0.2) is 66.3 Å². The maximum atomic E-state index is 13.8. The van der Waals surface area contributed by atoms with E-state index in [1.807, 2.05) is 30.6 Å². The summed E-state index contributed by atoms with van der Waals surface area (Å²) in [4.78, 5) is 21.7. The van der Waals surface area contributed by atoms with E-state index in [1.165, 1.54) is 23.5 Å². The Hall–Kier alpha value is -3.03. The van der Waals surface area contributed by atoms with Crippen molar-refractivity contribution in [2.24, 2.45) is 7.05 Å². The van der Waals surface area contributed by atoms with E-state index in [1.54, 1.807) is 35.2 Å². The van der Waals surface area contributed by atoms with Gasteiger partial charge in [-0.2, -0.15) is 0 Å². The maximum Gasteiger partial charge on any atom is 0.226 e. The molecule has 8 heteroatoms. The number of thiazole rings is 1. The van der Waals surface area contributed by atoms with Gasteiger partial charge in [0.25, 0.3) is 0 Å². The third-order valence-electron chi connectivity index (χ3n) is 4.60. The number of carbonyl (C=O) groups is 1. The zero-order valence-corrected chi connectivity index (χ0v) is 17.6. The van der Waals surface area contributed by atoms with Crippen molar-refractivity contribution in [3.8, 4) is 10.6 Å². The van der Waals surface area contributed by atoms with Crippen LogP contribution < -0.4 is 5.32 Å². The molecule has 30 heavy (non-hydrogen) atoms. The number of amides is 1. The number of aryl methyl sites for hydroxylation is 1. The molecule has 152 valence electrons. The van der Waals surface area contributed by atoms with Crippen LogP contribution in [0.5, 0.6) is 0 Å². The fourth-order valence-electron chi connectivity index (χ4n) is 3.16. The van der Waals surface area contributed by atoms with Crippen LogP contribution in [0.1, 0.15) is 23.1 Å². The van der Waals surface area contributed by atoms with Gasteiger partial charge in [-0.1, -0.05) is 41.9 Å². The van der Waals surface area contributed by atoms with E-state index in [2.05, 4.69) is 15.3 Å². The van der Waals surface area contributed by atoms with Gasteiger partial charge in [0, 0.05) is 30.4 Å². The number of nitrogens with zero attached hydrogens (tertiary/aromatic N) is 3. The summed E-state index contributed by atoms with van der Waals surface area (Å²) < 4.78 is 15.6. The SMILES string of the molecule is Cn1ccnc1C(NC(=O)Cc1csc(-c2ccccc2Cl)n1)c1cccc(F)c1. The zero-order valence-electron chi connectivity index (χ0n) is 16.0. The normalized spacial score (nSPS) is 12.0. The van der Waals surface area contributed by atoms with Crippen LogP contribution >= 0.6 is 22.9 Å². The van der Waals surface area contributed by atoms with Crippen molar-refractivity contribution in [2.45, 2.75) is 12.5 Å². The summed E-state index contributed by atoms with van der Waals surface area (Å²) in [5.74, 6) is 0.0112. The highest BCUT2D eigenvalue weighted by molar-refractivity contribution is 7.13. The first-order valence-electron chi connectivity index (χ1n) is 9.22. The summed E-state index contributed by atoms with van der Waals surface area (Å²) in [5.41, 5.74) is 2.10. The number of imidazole rings is 1. The van der Waals surface area contributed by atoms with Gasteiger partial charge in [0.15, 0.2) is 0 Å². The fraction of sp³-hybridized carbons (Fsp3) is 0.136. The van der Waals surface area contributed by atoms with Gasteiger partial charge in [-0.25, -0.2) is 14.4 Å². The number of rotatable bonds is 6. The van der Waals surface area contributed by atoms with E-state index in [9.17, 15) is 9.18 Å². The summed E-state index contributed by atoms with van der Waals surface area (Å²) in [7, 11) is 1.83. The molecule has 2 aromatic heterocycles. The number of benzene rings is 2. The Labute approximate surface area is 182 Å². The van der Waals surface area contributed by atoms with Crippen LogP contribution in [-0.2, 0) is 18.3 Å². The van der Waals surface area contributed by atoms with E-state index in [-0.39, 0.29) is 18.1 Å². The predicted molar refractivity (Wildman–Crippen MR) is 116 cm³/mol. The summed E-state index contributed by atoms with van der Waals surface area (Å²) in [6.45, 7) is 0. The quantitative estimate of drug-likeness (QED) is 0.469. The highest BCUT2D eigenvalue weighted by atomic mass is 35.5. The standard InChI is InChI=1S/C22H18ClFN4OS/c1-28-10-9-25-21(28)20(14-5-4-6-15(24)11-14)27-19(29)12-16-13-30-22(26-16)17-7-2-3-8-18(17)23/h2-11,13,20H,12H2,1H3,(H,27,29). The van der Waals surface area contributed by atoms with E-state index in [0.717, 1.165) is 10.6 Å². The van der Waals surface area contributed by atoms with Crippen molar-refractivity contribution in [3.05, 3.63) is 94.2 Å². The first kappa shape index (κ1) is 20.3. The molecule has 2 heterocycles. The second-order valence-electron chi connectivity index (χ2n) is 6.75. The van der Waals surface area contributed by atoms with Gasteiger partial charge in [0.1, 0.15) is 22.7 Å². The Kier molecular flexibility index (Phi) is 5.92. The smallest absolute Gasteiger partial charge is 0.226 e. The van der Waals surface area contributed by atoms with Crippen LogP contribution in [0.2, 0.25) is 5.02 Å². The number of carbonyl (C=O) groups excluding carboxylic acids is 1. The number of aromatic nitrogens is 3. The van der Waals surface area contributed by atoms with Gasteiger partial charge in [0.2, 0.25) is 5.91 Å². The van der Waals surface area contributed by atoms with Crippen molar-refractivity contribution in [1.82, 2.24) is 19.9 Å².